The molecule has 6 nitrogen and oxygen atoms in total. The molecule has 5 aliphatic rings. The molecular weight excluding hydrogens is 394 g/mol. The number of nitrogens with zero attached hydrogens (tertiary/aromatic N) is 1. The van der Waals surface area contributed by atoms with Gasteiger partial charge in [0.25, 0.3) is 0 Å². The first-order valence-corrected chi connectivity index (χ1v) is 11.5. The second-order valence-electron chi connectivity index (χ2n) is 9.52. The van der Waals surface area contributed by atoms with Crippen molar-refractivity contribution in [2.24, 2.45) is 17.3 Å². The van der Waals surface area contributed by atoms with E-state index in [9.17, 15) is 14.7 Å². The summed E-state index contributed by atoms with van der Waals surface area (Å²) in [5, 5.41) is 12.2. The Morgan fingerprint density at radius 1 is 1.45 bits per heavy atom. The Hall–Kier alpha value is -2.18. The third kappa shape index (κ3) is 2.77. The SMILES string of the molecule is C=CCN1CCC23C4OC5=C(OC(=O)CC/C=C/C)C=CC(CC1C2(O)CCC4=O)C53. The molecule has 4 fully saturated rings. The fourth-order valence-corrected chi connectivity index (χ4v) is 7.01. The Kier molecular flexibility index (Phi) is 4.98. The van der Waals surface area contributed by atoms with Crippen LogP contribution in [0.2, 0.25) is 0 Å². The average molecular weight is 426 g/mol. The lowest BCUT2D eigenvalue weighted by Gasteiger charge is -2.65. The van der Waals surface area contributed by atoms with Gasteiger partial charge in [-0.1, -0.05) is 24.3 Å². The lowest BCUT2D eigenvalue weighted by molar-refractivity contribution is -0.242. The van der Waals surface area contributed by atoms with Crippen LogP contribution in [0.5, 0.6) is 0 Å². The van der Waals surface area contributed by atoms with E-state index in [1.54, 1.807) is 0 Å². The normalized spacial score (nSPS) is 40.6. The lowest BCUT2D eigenvalue weighted by atomic mass is 9.44. The van der Waals surface area contributed by atoms with Gasteiger partial charge >= 0.3 is 5.97 Å². The fraction of sp³-hybridized carbons (Fsp3) is 0.600. The van der Waals surface area contributed by atoms with Crippen LogP contribution in [0.3, 0.4) is 0 Å². The predicted molar refractivity (Wildman–Crippen MR) is 115 cm³/mol. The van der Waals surface area contributed by atoms with E-state index >= 15 is 0 Å². The molecular formula is C25H31NO5. The lowest BCUT2D eigenvalue weighted by Crippen LogP contribution is -2.76. The minimum Gasteiger partial charge on any atom is -0.482 e. The van der Waals surface area contributed by atoms with Gasteiger partial charge in [0.1, 0.15) is 5.76 Å². The van der Waals surface area contributed by atoms with Crippen molar-refractivity contribution >= 4 is 11.8 Å². The number of rotatable bonds is 6. The van der Waals surface area contributed by atoms with Gasteiger partial charge in [0.15, 0.2) is 17.6 Å². The summed E-state index contributed by atoms with van der Waals surface area (Å²) in [5.41, 5.74) is -1.65. The number of likely N-dealkylation sites (tertiary alicyclic amines) is 1. The maximum absolute atomic E-state index is 13.0. The highest BCUT2D eigenvalue weighted by molar-refractivity contribution is 5.87. The third-order valence-electron chi connectivity index (χ3n) is 8.21. The van der Waals surface area contributed by atoms with Crippen molar-refractivity contribution in [2.45, 2.75) is 63.2 Å². The van der Waals surface area contributed by atoms with Crippen LogP contribution in [0.4, 0.5) is 0 Å². The molecule has 0 aromatic heterocycles. The molecule has 2 bridgehead atoms. The van der Waals surface area contributed by atoms with E-state index in [4.69, 9.17) is 9.47 Å². The number of carbonyl (C=O) groups excluding carboxylic acids is 2. The van der Waals surface area contributed by atoms with E-state index in [0.717, 1.165) is 19.5 Å². The summed E-state index contributed by atoms with van der Waals surface area (Å²) in [6, 6.07) is -0.0337. The summed E-state index contributed by atoms with van der Waals surface area (Å²) in [4.78, 5) is 27.7. The molecule has 2 saturated heterocycles. The van der Waals surface area contributed by atoms with Crippen LogP contribution < -0.4 is 0 Å². The highest BCUT2D eigenvalue weighted by Gasteiger charge is 2.77. The summed E-state index contributed by atoms with van der Waals surface area (Å²) in [5.74, 6) is 0.781. The van der Waals surface area contributed by atoms with Crippen LogP contribution >= 0.6 is 0 Å². The Bertz CT molecular complexity index is 904. The highest BCUT2D eigenvalue weighted by Crippen LogP contribution is 2.69. The molecule has 2 saturated carbocycles. The number of esters is 1. The van der Waals surface area contributed by atoms with Crippen molar-refractivity contribution in [2.75, 3.05) is 13.1 Å². The van der Waals surface area contributed by atoms with E-state index in [2.05, 4.69) is 17.6 Å². The van der Waals surface area contributed by atoms with Gasteiger partial charge in [0.05, 0.1) is 11.0 Å². The zero-order valence-corrected chi connectivity index (χ0v) is 18.1. The highest BCUT2D eigenvalue weighted by atomic mass is 16.6. The van der Waals surface area contributed by atoms with Crippen LogP contribution in [0, 0.1) is 17.3 Å². The van der Waals surface area contributed by atoms with Gasteiger partial charge in [0.2, 0.25) is 0 Å². The van der Waals surface area contributed by atoms with E-state index in [1.807, 2.05) is 31.2 Å². The van der Waals surface area contributed by atoms with Crippen LogP contribution in [0.1, 0.15) is 45.4 Å². The number of hydrogen-bond acceptors (Lipinski definition) is 6. The van der Waals surface area contributed by atoms with E-state index in [-0.39, 0.29) is 29.6 Å². The van der Waals surface area contributed by atoms with Crippen LogP contribution in [-0.2, 0) is 19.1 Å². The summed E-state index contributed by atoms with van der Waals surface area (Å²) in [7, 11) is 0. The summed E-state index contributed by atoms with van der Waals surface area (Å²) in [6.45, 7) is 7.33. The number of aliphatic hydroxyl groups is 1. The molecule has 6 atom stereocenters. The number of Topliss-reactive ketones (excluding diaryl/α,β-unsaturated/α-hetero) is 1. The van der Waals surface area contributed by atoms with Crippen molar-refractivity contribution in [1.29, 1.82) is 0 Å². The van der Waals surface area contributed by atoms with Crippen molar-refractivity contribution in [3.05, 3.63) is 48.5 Å². The topological polar surface area (TPSA) is 76.1 Å². The second-order valence-corrected chi connectivity index (χ2v) is 9.52. The van der Waals surface area contributed by atoms with E-state index < -0.39 is 17.1 Å². The molecule has 31 heavy (non-hydrogen) atoms. The molecule has 0 amide bonds. The maximum Gasteiger partial charge on any atom is 0.311 e. The Morgan fingerprint density at radius 3 is 3.06 bits per heavy atom. The van der Waals surface area contributed by atoms with Crippen molar-refractivity contribution < 1.29 is 24.2 Å². The number of ether oxygens (including phenoxy) is 2. The molecule has 5 rings (SSSR count). The van der Waals surface area contributed by atoms with Crippen LogP contribution in [0.25, 0.3) is 0 Å². The van der Waals surface area contributed by atoms with Crippen molar-refractivity contribution in [1.82, 2.24) is 4.90 Å². The smallest absolute Gasteiger partial charge is 0.311 e. The number of hydrogen-bond donors (Lipinski definition) is 1. The first kappa shape index (κ1) is 20.7. The molecule has 2 aliphatic heterocycles. The molecule has 1 N–H and O–H groups in total. The Balaban J connectivity index is 1.53. The molecule has 1 spiro atoms. The molecule has 3 aliphatic carbocycles. The minimum atomic E-state index is -0.998. The monoisotopic (exact) mass is 425 g/mol. The zero-order chi connectivity index (χ0) is 21.8. The molecule has 6 heteroatoms. The largest absolute Gasteiger partial charge is 0.482 e. The summed E-state index contributed by atoms with van der Waals surface area (Å²) >= 11 is 0. The van der Waals surface area contributed by atoms with Crippen LogP contribution in [0.15, 0.2) is 48.5 Å². The number of ketones is 1. The minimum absolute atomic E-state index is 0.0337. The first-order chi connectivity index (χ1) is 15.0. The second kappa shape index (κ2) is 7.45. The average Bonchev–Trinajstić information content (AvgIpc) is 3.10. The van der Waals surface area contributed by atoms with Gasteiger partial charge in [-0.2, -0.15) is 0 Å². The molecule has 6 unspecified atom stereocenters. The Labute approximate surface area is 183 Å². The zero-order valence-electron chi connectivity index (χ0n) is 18.1. The number of carbonyl (C=O) groups is 2. The predicted octanol–water partition coefficient (Wildman–Crippen LogP) is 3.04. The van der Waals surface area contributed by atoms with Gasteiger partial charge in [-0.3, -0.25) is 14.5 Å². The molecule has 0 aromatic carbocycles. The van der Waals surface area contributed by atoms with Gasteiger partial charge < -0.3 is 14.6 Å². The van der Waals surface area contributed by atoms with E-state index in [1.165, 1.54) is 0 Å². The van der Waals surface area contributed by atoms with Gasteiger partial charge in [-0.25, -0.2) is 0 Å². The summed E-state index contributed by atoms with van der Waals surface area (Å²) in [6.07, 6.45) is 12.2. The standard InChI is InChI=1S/C25H31NO5/c1-3-5-6-7-20(28)30-18-9-8-16-15-19-25(29)11-10-17(27)23-24(25,21(16)22(18)31-23)12-14-26(19)13-4-2/h3-5,8-9,16,19,21,23,29H,2,6-7,10-15H2,1H3/b5-3+. The van der Waals surface area contributed by atoms with Crippen LogP contribution in [-0.4, -0.2) is 52.6 Å². The molecule has 166 valence electrons. The third-order valence-corrected chi connectivity index (χ3v) is 8.21. The van der Waals surface area contributed by atoms with Crippen molar-refractivity contribution in [3.63, 3.8) is 0 Å². The molecule has 2 heterocycles. The molecule has 0 aromatic rings. The number of piperidine rings is 1. The first-order valence-electron chi connectivity index (χ1n) is 11.5. The fourth-order valence-electron chi connectivity index (χ4n) is 7.01. The van der Waals surface area contributed by atoms with Gasteiger partial charge in [-0.05, 0) is 51.1 Å². The van der Waals surface area contributed by atoms with Gasteiger partial charge in [-0.15, -0.1) is 6.58 Å². The van der Waals surface area contributed by atoms with E-state index in [0.29, 0.717) is 43.6 Å². The number of allylic oxidation sites excluding steroid dienone is 5. The quantitative estimate of drug-likeness (QED) is 0.521. The molecule has 0 radical (unpaired) electrons. The van der Waals surface area contributed by atoms with Gasteiger partial charge in [0, 0.05) is 31.3 Å². The van der Waals surface area contributed by atoms with Crippen molar-refractivity contribution in [3.8, 4) is 0 Å². The maximum atomic E-state index is 13.0. The Morgan fingerprint density at radius 2 is 2.29 bits per heavy atom. The summed E-state index contributed by atoms with van der Waals surface area (Å²) < 4.78 is 12.0.